The number of anilines is 1. The fourth-order valence-electron chi connectivity index (χ4n) is 4.12. The van der Waals surface area contributed by atoms with Crippen LogP contribution < -0.4 is 16.2 Å². The van der Waals surface area contributed by atoms with E-state index in [1.165, 1.54) is 22.4 Å². The highest BCUT2D eigenvalue weighted by Gasteiger charge is 2.21. The van der Waals surface area contributed by atoms with E-state index in [1.807, 2.05) is 44.2 Å². The number of amides is 2. The minimum Gasteiger partial charge on any atom is -0.349 e. The Kier molecular flexibility index (Phi) is 6.68. The summed E-state index contributed by atoms with van der Waals surface area (Å²) in [4.78, 5) is 37.5. The lowest BCUT2D eigenvalue weighted by atomic mass is 9.88. The van der Waals surface area contributed by atoms with Gasteiger partial charge in [0.2, 0.25) is 5.91 Å². The van der Waals surface area contributed by atoms with Crippen LogP contribution in [0.4, 0.5) is 5.69 Å². The van der Waals surface area contributed by atoms with E-state index in [9.17, 15) is 14.4 Å². The maximum atomic E-state index is 12.6. The van der Waals surface area contributed by atoms with Crippen molar-refractivity contribution in [3.8, 4) is 0 Å². The molecule has 1 aromatic heterocycles. The molecule has 170 valence electrons. The fourth-order valence-corrected chi connectivity index (χ4v) is 4.12. The minimum absolute atomic E-state index is 0.0118. The summed E-state index contributed by atoms with van der Waals surface area (Å²) >= 11 is 0. The summed E-state index contributed by atoms with van der Waals surface area (Å²) in [5, 5.41) is 10.1. The number of carbonyl (C=O) groups is 2. The van der Waals surface area contributed by atoms with Crippen LogP contribution in [-0.4, -0.2) is 21.6 Å². The Balaban J connectivity index is 1.39. The van der Waals surface area contributed by atoms with Crippen molar-refractivity contribution in [2.24, 2.45) is 0 Å². The zero-order valence-corrected chi connectivity index (χ0v) is 18.9. The molecule has 33 heavy (non-hydrogen) atoms. The normalized spacial score (nSPS) is 14.9. The predicted molar refractivity (Wildman–Crippen MR) is 127 cm³/mol. The van der Waals surface area contributed by atoms with Crippen LogP contribution in [0.1, 0.15) is 58.0 Å². The number of hydrogen-bond donors (Lipinski definition) is 2. The summed E-state index contributed by atoms with van der Waals surface area (Å²) in [6.45, 7) is 4.08. The number of fused-ring (bicyclic) bond motifs is 1. The molecule has 0 spiro atoms. The molecule has 1 atom stereocenters. The standard InChI is InChI=1S/C26H28N4O3/c1-17-10-11-20(16-18(17)2)27-26(33)23-12-13-25(32)30(29-23)15-14-24(31)28-22-9-5-7-19-6-3-4-8-21(19)22/h3-4,6,8,10-13,16,22H,5,7,9,14-15H2,1-2H3,(H,27,33)(H,28,31)/t22-/m1/s1. The molecule has 0 bridgehead atoms. The molecule has 3 aromatic rings. The lowest BCUT2D eigenvalue weighted by Crippen LogP contribution is -2.33. The highest BCUT2D eigenvalue weighted by Crippen LogP contribution is 2.29. The van der Waals surface area contributed by atoms with Gasteiger partial charge in [-0.25, -0.2) is 4.68 Å². The van der Waals surface area contributed by atoms with E-state index >= 15 is 0 Å². The Morgan fingerprint density at radius 1 is 1.06 bits per heavy atom. The average Bonchev–Trinajstić information content (AvgIpc) is 2.81. The van der Waals surface area contributed by atoms with Crippen molar-refractivity contribution in [2.75, 3.05) is 5.32 Å². The second kappa shape index (κ2) is 9.81. The maximum absolute atomic E-state index is 12.6. The molecule has 0 saturated carbocycles. The van der Waals surface area contributed by atoms with E-state index in [0.29, 0.717) is 5.69 Å². The van der Waals surface area contributed by atoms with Gasteiger partial charge < -0.3 is 10.6 Å². The van der Waals surface area contributed by atoms with Crippen LogP contribution in [0, 0.1) is 13.8 Å². The molecule has 2 aromatic carbocycles. The third kappa shape index (κ3) is 5.37. The first-order valence-corrected chi connectivity index (χ1v) is 11.2. The molecule has 1 aliphatic carbocycles. The van der Waals surface area contributed by atoms with Crippen LogP contribution in [0.25, 0.3) is 0 Å². The quantitative estimate of drug-likeness (QED) is 0.606. The number of aromatic nitrogens is 2. The molecule has 7 nitrogen and oxygen atoms in total. The van der Waals surface area contributed by atoms with E-state index in [2.05, 4.69) is 27.9 Å². The Morgan fingerprint density at radius 3 is 2.70 bits per heavy atom. The van der Waals surface area contributed by atoms with Crippen LogP contribution in [0.5, 0.6) is 0 Å². The molecular weight excluding hydrogens is 416 g/mol. The Labute approximate surface area is 192 Å². The van der Waals surface area contributed by atoms with Crippen molar-refractivity contribution in [1.82, 2.24) is 15.1 Å². The van der Waals surface area contributed by atoms with Crippen molar-refractivity contribution in [1.29, 1.82) is 0 Å². The van der Waals surface area contributed by atoms with Gasteiger partial charge in [0.05, 0.1) is 12.6 Å². The van der Waals surface area contributed by atoms with Gasteiger partial charge in [-0.05, 0) is 73.6 Å². The maximum Gasteiger partial charge on any atom is 0.276 e. The lowest BCUT2D eigenvalue weighted by Gasteiger charge is -2.26. The fraction of sp³-hybridized carbons (Fsp3) is 0.308. The molecule has 7 heteroatoms. The molecular formula is C26H28N4O3. The molecule has 2 N–H and O–H groups in total. The van der Waals surface area contributed by atoms with Gasteiger partial charge in [0.15, 0.2) is 0 Å². The Morgan fingerprint density at radius 2 is 1.88 bits per heavy atom. The summed E-state index contributed by atoms with van der Waals surface area (Å²) < 4.78 is 1.17. The molecule has 4 rings (SSSR count). The highest BCUT2D eigenvalue weighted by atomic mass is 16.2. The molecule has 0 unspecified atom stereocenters. The molecule has 1 heterocycles. The summed E-state index contributed by atoms with van der Waals surface area (Å²) in [6.07, 6.45) is 3.06. The summed E-state index contributed by atoms with van der Waals surface area (Å²) in [5.41, 5.74) is 5.07. The molecule has 0 saturated heterocycles. The van der Waals surface area contributed by atoms with Crippen molar-refractivity contribution < 1.29 is 9.59 Å². The number of nitrogens with zero attached hydrogens (tertiary/aromatic N) is 2. The van der Waals surface area contributed by atoms with Gasteiger partial charge >= 0.3 is 0 Å². The van der Waals surface area contributed by atoms with E-state index in [-0.39, 0.29) is 36.2 Å². The van der Waals surface area contributed by atoms with Gasteiger partial charge in [-0.2, -0.15) is 5.10 Å². The van der Waals surface area contributed by atoms with Gasteiger partial charge in [-0.15, -0.1) is 0 Å². The van der Waals surface area contributed by atoms with Crippen molar-refractivity contribution >= 4 is 17.5 Å². The average molecular weight is 445 g/mol. The van der Waals surface area contributed by atoms with Gasteiger partial charge in [-0.1, -0.05) is 30.3 Å². The molecule has 2 amide bonds. The van der Waals surface area contributed by atoms with Crippen LogP contribution in [0.2, 0.25) is 0 Å². The zero-order valence-electron chi connectivity index (χ0n) is 18.9. The number of aryl methyl sites for hydroxylation is 4. The van der Waals surface area contributed by atoms with Gasteiger partial charge in [0, 0.05) is 18.2 Å². The van der Waals surface area contributed by atoms with Gasteiger partial charge in [-0.3, -0.25) is 14.4 Å². The Bertz CT molecular complexity index is 1250. The number of nitrogens with one attached hydrogen (secondary N) is 2. The van der Waals surface area contributed by atoms with Gasteiger partial charge in [0.1, 0.15) is 5.69 Å². The second-order valence-corrected chi connectivity index (χ2v) is 8.49. The third-order valence-electron chi connectivity index (χ3n) is 6.12. The first-order valence-electron chi connectivity index (χ1n) is 11.2. The molecule has 0 radical (unpaired) electrons. The molecule has 0 fully saturated rings. The van der Waals surface area contributed by atoms with Crippen molar-refractivity contribution in [3.63, 3.8) is 0 Å². The Hall–Kier alpha value is -3.74. The number of carbonyl (C=O) groups excluding carboxylic acids is 2. The van der Waals surface area contributed by atoms with Crippen LogP contribution >= 0.6 is 0 Å². The molecule has 1 aliphatic rings. The zero-order chi connectivity index (χ0) is 23.4. The summed E-state index contributed by atoms with van der Waals surface area (Å²) in [5.74, 6) is -0.550. The van der Waals surface area contributed by atoms with E-state index in [4.69, 9.17) is 0 Å². The van der Waals surface area contributed by atoms with Crippen LogP contribution in [0.15, 0.2) is 59.4 Å². The third-order valence-corrected chi connectivity index (χ3v) is 6.12. The summed E-state index contributed by atoms with van der Waals surface area (Å²) in [6, 6.07) is 16.5. The highest BCUT2D eigenvalue weighted by molar-refractivity contribution is 6.02. The van der Waals surface area contributed by atoms with E-state index < -0.39 is 5.91 Å². The smallest absolute Gasteiger partial charge is 0.276 e. The van der Waals surface area contributed by atoms with Crippen LogP contribution in [0.3, 0.4) is 0 Å². The number of rotatable bonds is 6. The first-order chi connectivity index (χ1) is 15.9. The van der Waals surface area contributed by atoms with Crippen molar-refractivity contribution in [3.05, 3.63) is 92.9 Å². The minimum atomic E-state index is -0.407. The van der Waals surface area contributed by atoms with Crippen LogP contribution in [-0.2, 0) is 17.8 Å². The number of benzene rings is 2. The monoisotopic (exact) mass is 444 g/mol. The number of hydrogen-bond acceptors (Lipinski definition) is 4. The topological polar surface area (TPSA) is 93.1 Å². The first kappa shape index (κ1) is 22.5. The predicted octanol–water partition coefficient (Wildman–Crippen LogP) is 3.70. The van der Waals surface area contributed by atoms with E-state index in [1.54, 1.807) is 0 Å². The largest absolute Gasteiger partial charge is 0.349 e. The second-order valence-electron chi connectivity index (χ2n) is 8.49. The van der Waals surface area contributed by atoms with Crippen molar-refractivity contribution in [2.45, 2.75) is 52.1 Å². The van der Waals surface area contributed by atoms with Gasteiger partial charge in [0.25, 0.3) is 11.5 Å². The summed E-state index contributed by atoms with van der Waals surface area (Å²) in [7, 11) is 0. The lowest BCUT2D eigenvalue weighted by molar-refractivity contribution is -0.122. The van der Waals surface area contributed by atoms with E-state index in [0.717, 1.165) is 36.0 Å². The SMILES string of the molecule is Cc1ccc(NC(=O)c2ccc(=O)n(CCC(=O)N[C@@H]3CCCc4ccccc43)n2)cc1C. The molecule has 0 aliphatic heterocycles.